The second-order valence-corrected chi connectivity index (χ2v) is 5.79. The van der Waals surface area contributed by atoms with Gasteiger partial charge in [-0.25, -0.2) is 0 Å². The second-order valence-electron chi connectivity index (χ2n) is 3.55. The molecule has 1 aromatic carbocycles. The van der Waals surface area contributed by atoms with E-state index >= 15 is 0 Å². The minimum Gasteiger partial charge on any atom is -0.314 e. The Morgan fingerprint density at radius 1 is 1.00 bits per heavy atom. The van der Waals surface area contributed by atoms with Crippen LogP contribution in [0.15, 0.2) is 23.1 Å². The minimum atomic E-state index is -4.19. The molecule has 1 heterocycles. The predicted octanol–water partition coefficient (Wildman–Crippen LogP) is 1.42. The van der Waals surface area contributed by atoms with Crippen LogP contribution < -0.4 is 10.6 Å². The van der Waals surface area contributed by atoms with Gasteiger partial charge in [-0.15, -0.1) is 0 Å². The maximum atomic E-state index is 10.6. The van der Waals surface area contributed by atoms with Gasteiger partial charge in [0.05, 0.1) is 14.9 Å². The Kier molecular flexibility index (Phi) is 6.34. The van der Waals surface area contributed by atoms with Gasteiger partial charge >= 0.3 is 0 Å². The SMILES string of the molecule is C1CNCCN1.O=S(=O)(O)c1ccc(Cl)c(Cl)c1. The predicted molar refractivity (Wildman–Crippen MR) is 72.0 cm³/mol. The Morgan fingerprint density at radius 2 is 1.50 bits per heavy atom. The van der Waals surface area contributed by atoms with Crippen molar-refractivity contribution < 1.29 is 13.0 Å². The zero-order chi connectivity index (χ0) is 13.6. The first-order valence-electron chi connectivity index (χ1n) is 5.25. The highest BCUT2D eigenvalue weighted by atomic mass is 35.5. The summed E-state index contributed by atoms with van der Waals surface area (Å²) in [6.07, 6.45) is 0. The molecule has 1 aliphatic rings. The maximum Gasteiger partial charge on any atom is 0.294 e. The van der Waals surface area contributed by atoms with Crippen molar-refractivity contribution >= 4 is 33.3 Å². The van der Waals surface area contributed by atoms with Crippen molar-refractivity contribution in [2.45, 2.75) is 4.90 Å². The normalized spacial score (nSPS) is 15.7. The lowest BCUT2D eigenvalue weighted by Crippen LogP contribution is -2.39. The summed E-state index contributed by atoms with van der Waals surface area (Å²) in [6.45, 7) is 4.56. The summed E-state index contributed by atoms with van der Waals surface area (Å²) in [5.74, 6) is 0. The first-order valence-corrected chi connectivity index (χ1v) is 7.45. The highest BCUT2D eigenvalue weighted by Crippen LogP contribution is 2.24. The summed E-state index contributed by atoms with van der Waals surface area (Å²) < 4.78 is 29.7. The van der Waals surface area contributed by atoms with Crippen molar-refractivity contribution in [3.63, 3.8) is 0 Å². The van der Waals surface area contributed by atoms with Gasteiger partial charge in [0.2, 0.25) is 0 Å². The molecule has 0 bridgehead atoms. The number of rotatable bonds is 1. The molecule has 1 aliphatic heterocycles. The van der Waals surface area contributed by atoms with Crippen molar-refractivity contribution in [1.82, 2.24) is 10.6 Å². The van der Waals surface area contributed by atoms with E-state index in [2.05, 4.69) is 10.6 Å². The molecule has 0 amide bonds. The average molecular weight is 313 g/mol. The molecule has 0 unspecified atom stereocenters. The van der Waals surface area contributed by atoms with Gasteiger partial charge in [0.1, 0.15) is 0 Å². The van der Waals surface area contributed by atoms with E-state index in [1.54, 1.807) is 0 Å². The van der Waals surface area contributed by atoms with Crippen LogP contribution in [0.2, 0.25) is 10.0 Å². The fourth-order valence-corrected chi connectivity index (χ4v) is 2.11. The number of nitrogens with one attached hydrogen (secondary N) is 2. The molecule has 1 aromatic rings. The third kappa shape index (κ3) is 5.51. The van der Waals surface area contributed by atoms with Crippen molar-refractivity contribution in [3.8, 4) is 0 Å². The topological polar surface area (TPSA) is 78.4 Å². The second kappa shape index (κ2) is 7.28. The van der Waals surface area contributed by atoms with Gasteiger partial charge in [-0.1, -0.05) is 23.2 Å². The molecule has 18 heavy (non-hydrogen) atoms. The van der Waals surface area contributed by atoms with Crippen molar-refractivity contribution in [2.75, 3.05) is 26.2 Å². The Morgan fingerprint density at radius 3 is 1.83 bits per heavy atom. The van der Waals surface area contributed by atoms with Crippen molar-refractivity contribution in [2.24, 2.45) is 0 Å². The number of halogens is 2. The molecular formula is C10H14Cl2N2O3S. The molecule has 2 rings (SSSR count). The summed E-state index contributed by atoms with van der Waals surface area (Å²) in [7, 11) is -4.19. The lowest BCUT2D eigenvalue weighted by molar-refractivity contribution is 0.483. The summed E-state index contributed by atoms with van der Waals surface area (Å²) in [5.41, 5.74) is 0. The number of hydrogen-bond donors (Lipinski definition) is 3. The Bertz CT molecular complexity index is 478. The number of benzene rings is 1. The molecule has 5 nitrogen and oxygen atoms in total. The fourth-order valence-electron chi connectivity index (χ4n) is 1.24. The van der Waals surface area contributed by atoms with Crippen LogP contribution in [0.5, 0.6) is 0 Å². The van der Waals surface area contributed by atoms with E-state index in [-0.39, 0.29) is 14.9 Å². The fraction of sp³-hybridized carbons (Fsp3) is 0.400. The van der Waals surface area contributed by atoms with Crippen molar-refractivity contribution in [1.29, 1.82) is 0 Å². The molecule has 1 saturated heterocycles. The zero-order valence-corrected chi connectivity index (χ0v) is 11.8. The van der Waals surface area contributed by atoms with E-state index in [1.165, 1.54) is 12.1 Å². The van der Waals surface area contributed by atoms with Crippen LogP contribution in [0.25, 0.3) is 0 Å². The molecule has 0 aromatic heterocycles. The molecule has 0 aliphatic carbocycles. The molecular weight excluding hydrogens is 299 g/mol. The highest BCUT2D eigenvalue weighted by molar-refractivity contribution is 7.85. The molecule has 102 valence electrons. The highest BCUT2D eigenvalue weighted by Gasteiger charge is 2.10. The summed E-state index contributed by atoms with van der Waals surface area (Å²) in [4.78, 5) is -0.267. The van der Waals surface area contributed by atoms with Crippen LogP contribution in [-0.4, -0.2) is 39.1 Å². The molecule has 0 atom stereocenters. The maximum absolute atomic E-state index is 10.6. The van der Waals surface area contributed by atoms with Crippen molar-refractivity contribution in [3.05, 3.63) is 28.2 Å². The lowest BCUT2D eigenvalue weighted by atomic mass is 10.4. The van der Waals surface area contributed by atoms with Crippen LogP contribution in [-0.2, 0) is 10.1 Å². The Labute approximate surface area is 116 Å². The quantitative estimate of drug-likeness (QED) is 0.684. The van der Waals surface area contributed by atoms with Crippen LogP contribution >= 0.6 is 23.2 Å². The van der Waals surface area contributed by atoms with Gasteiger partial charge < -0.3 is 10.6 Å². The van der Waals surface area contributed by atoms with Gasteiger partial charge in [0.25, 0.3) is 10.1 Å². The molecule has 3 N–H and O–H groups in total. The molecule has 0 radical (unpaired) electrons. The van der Waals surface area contributed by atoms with E-state index in [0.29, 0.717) is 0 Å². The summed E-state index contributed by atoms with van der Waals surface area (Å²) in [5, 5.41) is 6.77. The largest absolute Gasteiger partial charge is 0.314 e. The average Bonchev–Trinajstić information content (AvgIpc) is 2.34. The summed E-state index contributed by atoms with van der Waals surface area (Å²) >= 11 is 11.0. The smallest absolute Gasteiger partial charge is 0.294 e. The molecule has 1 fully saturated rings. The standard InChI is InChI=1S/C6H4Cl2O3S.C4H10N2/c7-5-2-1-4(3-6(5)8)12(9,10)11;1-2-6-4-3-5-1/h1-3H,(H,9,10,11);5-6H,1-4H2. The van der Waals surface area contributed by atoms with Gasteiger partial charge in [-0.05, 0) is 18.2 Å². The first kappa shape index (κ1) is 15.7. The third-order valence-corrected chi connectivity index (χ3v) is 3.73. The van der Waals surface area contributed by atoms with Gasteiger partial charge in [-0.2, -0.15) is 8.42 Å². The van der Waals surface area contributed by atoms with Crippen LogP contribution in [0.3, 0.4) is 0 Å². The van der Waals surface area contributed by atoms with E-state index in [9.17, 15) is 8.42 Å². The molecule has 8 heteroatoms. The Balaban J connectivity index is 0.000000225. The van der Waals surface area contributed by atoms with Crippen LogP contribution in [0, 0.1) is 0 Å². The monoisotopic (exact) mass is 312 g/mol. The van der Waals surface area contributed by atoms with E-state index in [1.807, 2.05) is 0 Å². The van der Waals surface area contributed by atoms with Gasteiger partial charge in [0, 0.05) is 26.2 Å². The van der Waals surface area contributed by atoms with Crippen LogP contribution in [0.1, 0.15) is 0 Å². The van der Waals surface area contributed by atoms with Gasteiger partial charge in [0.15, 0.2) is 0 Å². The number of hydrogen-bond acceptors (Lipinski definition) is 4. The molecule has 0 saturated carbocycles. The minimum absolute atomic E-state index is 0.0896. The summed E-state index contributed by atoms with van der Waals surface area (Å²) in [6, 6.07) is 3.55. The van der Waals surface area contributed by atoms with E-state index < -0.39 is 10.1 Å². The number of piperazine rings is 1. The molecule has 0 spiro atoms. The van der Waals surface area contributed by atoms with E-state index in [0.717, 1.165) is 32.2 Å². The first-order chi connectivity index (χ1) is 8.41. The zero-order valence-electron chi connectivity index (χ0n) is 9.49. The van der Waals surface area contributed by atoms with Gasteiger partial charge in [-0.3, -0.25) is 4.55 Å². The lowest BCUT2D eigenvalue weighted by Gasteiger charge is -2.11. The third-order valence-electron chi connectivity index (χ3n) is 2.15. The van der Waals surface area contributed by atoms with E-state index in [4.69, 9.17) is 27.8 Å². The van der Waals surface area contributed by atoms with Crippen LogP contribution in [0.4, 0.5) is 0 Å². The Hall–Kier alpha value is -0.370.